The summed E-state index contributed by atoms with van der Waals surface area (Å²) in [5, 5.41) is 1.39. The molecule has 144 valence electrons. The van der Waals surface area contributed by atoms with Crippen molar-refractivity contribution in [2.75, 3.05) is 0 Å². The number of halogens is 1. The Bertz CT molecular complexity index is 1150. The Balaban J connectivity index is 1.62. The van der Waals surface area contributed by atoms with E-state index in [1.54, 1.807) is 42.6 Å². The molecule has 1 unspecified atom stereocenters. The van der Waals surface area contributed by atoms with Crippen LogP contribution in [0, 0.1) is 0 Å². The van der Waals surface area contributed by atoms with Crippen molar-refractivity contribution in [2.24, 2.45) is 0 Å². The number of aromatic amines is 1. The number of aromatic nitrogens is 1. The van der Waals surface area contributed by atoms with Crippen LogP contribution in [0.25, 0.3) is 10.9 Å². The third-order valence-corrected chi connectivity index (χ3v) is 4.96. The molecule has 0 radical (unpaired) electrons. The van der Waals surface area contributed by atoms with E-state index in [-0.39, 0.29) is 12.2 Å². The minimum Gasteiger partial charge on any atom is -0.449 e. The first-order valence-corrected chi connectivity index (χ1v) is 9.59. The van der Waals surface area contributed by atoms with Crippen LogP contribution in [0.1, 0.15) is 27.6 Å². The van der Waals surface area contributed by atoms with Crippen LogP contribution >= 0.6 is 11.6 Å². The van der Waals surface area contributed by atoms with Gasteiger partial charge in [-0.3, -0.25) is 9.59 Å². The molecule has 0 bridgehead atoms. The Morgan fingerprint density at radius 1 is 0.897 bits per heavy atom. The van der Waals surface area contributed by atoms with Gasteiger partial charge < -0.3 is 9.72 Å². The molecular weight excluding hydrogens is 386 g/mol. The lowest BCUT2D eigenvalue weighted by Gasteiger charge is -2.17. The number of ketones is 1. The maximum Gasteiger partial charge on any atom is 0.311 e. The van der Waals surface area contributed by atoms with Crippen molar-refractivity contribution in [1.82, 2.24) is 4.98 Å². The second-order valence-electron chi connectivity index (χ2n) is 6.70. The first-order valence-electron chi connectivity index (χ1n) is 9.21. The van der Waals surface area contributed by atoms with Gasteiger partial charge in [-0.05, 0) is 23.8 Å². The summed E-state index contributed by atoms with van der Waals surface area (Å²) >= 11 is 5.90. The number of H-pyrrole nitrogens is 1. The first-order chi connectivity index (χ1) is 14.1. The zero-order chi connectivity index (χ0) is 20.2. The monoisotopic (exact) mass is 403 g/mol. The smallest absolute Gasteiger partial charge is 0.311 e. The average Bonchev–Trinajstić information content (AvgIpc) is 3.18. The molecule has 29 heavy (non-hydrogen) atoms. The van der Waals surface area contributed by atoms with E-state index in [2.05, 4.69) is 4.98 Å². The maximum atomic E-state index is 13.3. The fourth-order valence-electron chi connectivity index (χ4n) is 3.26. The molecule has 4 rings (SSSR count). The van der Waals surface area contributed by atoms with Gasteiger partial charge in [0.1, 0.15) is 0 Å². The Hall–Kier alpha value is -3.37. The number of carbonyl (C=O) groups excluding carboxylic acids is 2. The van der Waals surface area contributed by atoms with Crippen molar-refractivity contribution in [3.8, 4) is 0 Å². The first kappa shape index (κ1) is 19.0. The molecule has 5 heteroatoms. The summed E-state index contributed by atoms with van der Waals surface area (Å²) in [6, 6.07) is 23.6. The van der Waals surface area contributed by atoms with Gasteiger partial charge in [0.25, 0.3) is 0 Å². The van der Waals surface area contributed by atoms with Crippen LogP contribution in [0.5, 0.6) is 0 Å². The SMILES string of the molecule is O=C(Cc1ccc(Cl)cc1)OC(C(=O)c1c[nH]c2ccccc12)c1ccccc1. The minimum absolute atomic E-state index is 0.0572. The summed E-state index contributed by atoms with van der Waals surface area (Å²) in [7, 11) is 0. The summed E-state index contributed by atoms with van der Waals surface area (Å²) in [5.74, 6) is -0.743. The molecule has 1 aromatic heterocycles. The molecule has 4 aromatic rings. The lowest BCUT2D eigenvalue weighted by atomic mass is 9.99. The lowest BCUT2D eigenvalue weighted by Crippen LogP contribution is -2.21. The molecule has 1 heterocycles. The Morgan fingerprint density at radius 2 is 1.59 bits per heavy atom. The van der Waals surface area contributed by atoms with Gasteiger partial charge in [-0.1, -0.05) is 72.3 Å². The highest BCUT2D eigenvalue weighted by Gasteiger charge is 2.28. The van der Waals surface area contributed by atoms with Crippen molar-refractivity contribution in [2.45, 2.75) is 12.5 Å². The number of esters is 1. The molecular formula is C24H18ClNO3. The maximum absolute atomic E-state index is 13.3. The van der Waals surface area contributed by atoms with E-state index in [1.807, 2.05) is 42.5 Å². The van der Waals surface area contributed by atoms with Gasteiger partial charge in [-0.2, -0.15) is 0 Å². The van der Waals surface area contributed by atoms with E-state index in [9.17, 15) is 9.59 Å². The van der Waals surface area contributed by atoms with Crippen molar-refractivity contribution in [1.29, 1.82) is 0 Å². The van der Waals surface area contributed by atoms with Gasteiger partial charge in [0.15, 0.2) is 6.10 Å². The zero-order valence-electron chi connectivity index (χ0n) is 15.5. The molecule has 3 aromatic carbocycles. The van der Waals surface area contributed by atoms with E-state index in [0.717, 1.165) is 16.5 Å². The van der Waals surface area contributed by atoms with E-state index < -0.39 is 12.1 Å². The number of rotatable bonds is 6. The topological polar surface area (TPSA) is 59.2 Å². The van der Waals surface area contributed by atoms with Gasteiger partial charge in [0.2, 0.25) is 5.78 Å². The molecule has 0 amide bonds. The lowest BCUT2D eigenvalue weighted by molar-refractivity contribution is -0.146. The van der Waals surface area contributed by atoms with E-state index in [4.69, 9.17) is 16.3 Å². The quantitative estimate of drug-likeness (QED) is 0.340. The van der Waals surface area contributed by atoms with Crippen molar-refractivity contribution in [3.05, 3.63) is 107 Å². The number of ether oxygens (including phenoxy) is 1. The van der Waals surface area contributed by atoms with Crippen LogP contribution in [0.2, 0.25) is 5.02 Å². The predicted octanol–water partition coefficient (Wildman–Crippen LogP) is 5.53. The molecule has 0 aliphatic rings. The average molecular weight is 404 g/mol. The van der Waals surface area contributed by atoms with E-state index in [1.165, 1.54) is 0 Å². The fourth-order valence-corrected chi connectivity index (χ4v) is 3.39. The third-order valence-electron chi connectivity index (χ3n) is 4.71. The van der Waals surface area contributed by atoms with Crippen molar-refractivity contribution >= 4 is 34.3 Å². The summed E-state index contributed by atoms with van der Waals surface area (Å²) in [4.78, 5) is 29.0. The number of Topliss-reactive ketones (excluding diaryl/α,β-unsaturated/α-hetero) is 1. The molecule has 0 saturated heterocycles. The highest BCUT2D eigenvalue weighted by Crippen LogP contribution is 2.27. The molecule has 0 aliphatic heterocycles. The summed E-state index contributed by atoms with van der Waals surface area (Å²) < 4.78 is 5.67. The fraction of sp³-hybridized carbons (Fsp3) is 0.0833. The predicted molar refractivity (Wildman–Crippen MR) is 113 cm³/mol. The molecule has 0 aliphatic carbocycles. The van der Waals surface area contributed by atoms with Crippen molar-refractivity contribution < 1.29 is 14.3 Å². The largest absolute Gasteiger partial charge is 0.449 e. The Morgan fingerprint density at radius 3 is 2.34 bits per heavy atom. The Labute approximate surface area is 173 Å². The zero-order valence-corrected chi connectivity index (χ0v) is 16.2. The van der Waals surface area contributed by atoms with Crippen molar-refractivity contribution in [3.63, 3.8) is 0 Å². The summed E-state index contributed by atoms with van der Waals surface area (Å²) in [6.07, 6.45) is 0.702. The van der Waals surface area contributed by atoms with Gasteiger partial charge in [0.05, 0.1) is 6.42 Å². The van der Waals surface area contributed by atoms with Crippen LogP contribution in [0.4, 0.5) is 0 Å². The minimum atomic E-state index is -1.02. The van der Waals surface area contributed by atoms with Crippen LogP contribution in [-0.2, 0) is 16.0 Å². The van der Waals surface area contributed by atoms with Gasteiger partial charge >= 0.3 is 5.97 Å². The van der Waals surface area contributed by atoms with Crippen LogP contribution in [0.3, 0.4) is 0 Å². The van der Waals surface area contributed by atoms with Crippen LogP contribution in [-0.4, -0.2) is 16.7 Å². The van der Waals surface area contributed by atoms with E-state index in [0.29, 0.717) is 16.1 Å². The van der Waals surface area contributed by atoms with E-state index >= 15 is 0 Å². The third kappa shape index (κ3) is 4.23. The van der Waals surface area contributed by atoms with Gasteiger partial charge in [-0.15, -0.1) is 0 Å². The van der Waals surface area contributed by atoms with Crippen LogP contribution < -0.4 is 0 Å². The number of benzene rings is 3. The summed E-state index contributed by atoms with van der Waals surface area (Å²) in [5.41, 5.74) is 2.75. The number of hydrogen-bond donors (Lipinski definition) is 1. The number of carbonyl (C=O) groups is 2. The number of fused-ring (bicyclic) bond motifs is 1. The molecule has 1 N–H and O–H groups in total. The number of para-hydroxylation sites is 1. The van der Waals surface area contributed by atoms with Crippen LogP contribution in [0.15, 0.2) is 85.1 Å². The van der Waals surface area contributed by atoms with Gasteiger partial charge in [0, 0.05) is 33.2 Å². The summed E-state index contributed by atoms with van der Waals surface area (Å²) in [6.45, 7) is 0. The Kier molecular flexibility index (Phi) is 5.45. The number of hydrogen-bond acceptors (Lipinski definition) is 3. The number of nitrogens with one attached hydrogen (secondary N) is 1. The second-order valence-corrected chi connectivity index (χ2v) is 7.13. The molecule has 4 nitrogen and oxygen atoms in total. The molecule has 0 spiro atoms. The molecule has 0 fully saturated rings. The molecule has 1 atom stereocenters. The highest BCUT2D eigenvalue weighted by molar-refractivity contribution is 6.30. The standard InChI is InChI=1S/C24H18ClNO3/c25-18-12-10-16(11-13-18)14-22(27)29-24(17-6-2-1-3-7-17)23(28)20-15-26-21-9-5-4-8-19(20)21/h1-13,15,24,26H,14H2. The highest BCUT2D eigenvalue weighted by atomic mass is 35.5. The molecule has 0 saturated carbocycles. The van der Waals surface area contributed by atoms with Gasteiger partial charge in [-0.25, -0.2) is 0 Å². The normalized spacial score (nSPS) is 11.9. The second kappa shape index (κ2) is 8.33.